The Balaban J connectivity index is 0.000000277. The zero-order chi connectivity index (χ0) is 20.9. The zero-order valence-electron chi connectivity index (χ0n) is 14.6. The van der Waals surface area contributed by atoms with E-state index in [0.717, 1.165) is 19.2 Å². The number of hydrogen-bond donors (Lipinski definition) is 3. The molecule has 0 aromatic heterocycles. The quantitative estimate of drug-likeness (QED) is 0.345. The normalized spacial score (nSPS) is 9.93. The molecule has 0 radical (unpaired) electrons. The molecule has 10 heteroatoms. The van der Waals surface area contributed by atoms with Crippen LogP contribution in [-0.4, -0.2) is 41.3 Å². The Morgan fingerprint density at radius 3 is 1.96 bits per heavy atom. The van der Waals surface area contributed by atoms with Crippen molar-refractivity contribution in [1.29, 1.82) is 0 Å². The molecule has 0 aliphatic carbocycles. The number of carboxylic acid groups (broad SMARTS) is 1. The molecule has 27 heavy (non-hydrogen) atoms. The van der Waals surface area contributed by atoms with Gasteiger partial charge in [-0.15, -0.1) is 0 Å². The number of hydrogen-bond acceptors (Lipinski definition) is 5. The van der Waals surface area contributed by atoms with Crippen LogP contribution in [0.15, 0.2) is 24.3 Å². The number of carboxylic acids is 1. The number of esters is 1. The first-order valence-electron chi connectivity index (χ1n) is 7.43. The molecule has 0 aliphatic rings. The molecular weight excluding hydrogens is 476 g/mol. The van der Waals surface area contributed by atoms with Gasteiger partial charge in [-0.05, 0) is 77.3 Å². The van der Waals surface area contributed by atoms with Gasteiger partial charge in [-0.1, -0.05) is 0 Å². The average molecular weight is 492 g/mol. The summed E-state index contributed by atoms with van der Waals surface area (Å²) in [5, 5.41) is 26.4. The second-order valence-corrected chi connectivity index (χ2v) is 6.57. The van der Waals surface area contributed by atoms with Crippen LogP contribution in [0.2, 0.25) is 0 Å². The fourth-order valence-electron chi connectivity index (χ4n) is 1.97. The van der Waals surface area contributed by atoms with E-state index in [1.807, 2.05) is 22.6 Å². The van der Waals surface area contributed by atoms with Gasteiger partial charge >= 0.3 is 19.1 Å². The highest BCUT2D eigenvalue weighted by Gasteiger charge is 2.20. The van der Waals surface area contributed by atoms with Gasteiger partial charge in [0.2, 0.25) is 0 Å². The predicted molar refractivity (Wildman–Crippen MR) is 103 cm³/mol. The summed E-state index contributed by atoms with van der Waals surface area (Å²) in [4.78, 5) is 21.5. The highest BCUT2D eigenvalue weighted by molar-refractivity contribution is 14.1. The fraction of sp³-hybridized carbons (Fsp3) is 0.176. The largest absolute Gasteiger partial charge is 0.488 e. The van der Waals surface area contributed by atoms with E-state index < -0.39 is 30.7 Å². The third kappa shape index (κ3) is 5.98. The van der Waals surface area contributed by atoms with Crippen molar-refractivity contribution in [3.8, 4) is 0 Å². The maximum atomic E-state index is 13.3. The lowest BCUT2D eigenvalue weighted by Crippen LogP contribution is -2.33. The molecule has 0 spiro atoms. The Morgan fingerprint density at radius 2 is 1.52 bits per heavy atom. The molecule has 2 aromatic carbocycles. The number of halogens is 3. The lowest BCUT2D eigenvalue weighted by atomic mass is 9.76. The maximum absolute atomic E-state index is 13.3. The summed E-state index contributed by atoms with van der Waals surface area (Å²) >= 11 is 1.91. The van der Waals surface area contributed by atoms with Crippen molar-refractivity contribution >= 4 is 47.1 Å². The summed E-state index contributed by atoms with van der Waals surface area (Å²) < 4.78 is 31.2. The van der Waals surface area contributed by atoms with Crippen LogP contribution in [0, 0.1) is 29.1 Å². The van der Waals surface area contributed by atoms with E-state index in [2.05, 4.69) is 4.74 Å². The molecule has 3 N–H and O–H groups in total. The maximum Gasteiger partial charge on any atom is 0.488 e. The van der Waals surface area contributed by atoms with Gasteiger partial charge in [0.05, 0.1) is 18.2 Å². The minimum Gasteiger partial charge on any atom is -0.478 e. The van der Waals surface area contributed by atoms with E-state index in [1.54, 1.807) is 6.92 Å². The van der Waals surface area contributed by atoms with Crippen molar-refractivity contribution < 1.29 is 38.3 Å². The molecule has 2 aromatic rings. The molecule has 2 rings (SSSR count). The topological polar surface area (TPSA) is 104 Å². The number of benzene rings is 2. The van der Waals surface area contributed by atoms with Gasteiger partial charge in [0.1, 0.15) is 11.6 Å². The Labute approximate surface area is 168 Å². The standard InChI is InChI=1S/C9H10BFO4.C8H6FIO2/c1-5-7(10(13)14)3-6(4-8(5)11)9(12)15-2;1-4-6(9)2-5(8(11)12)3-7(4)10/h3-4,13-14H,1-2H3;2-3H,1H3,(H,11,12). The second kappa shape index (κ2) is 9.76. The molecule has 0 aliphatic heterocycles. The van der Waals surface area contributed by atoms with Crippen molar-refractivity contribution in [2.45, 2.75) is 13.8 Å². The number of ether oxygens (including phenoxy) is 1. The molecule has 0 amide bonds. The summed E-state index contributed by atoms with van der Waals surface area (Å²) in [7, 11) is -0.654. The van der Waals surface area contributed by atoms with Crippen LogP contribution in [0.5, 0.6) is 0 Å². The van der Waals surface area contributed by atoms with Gasteiger partial charge in [0.15, 0.2) is 0 Å². The van der Waals surface area contributed by atoms with Gasteiger partial charge in [-0.25, -0.2) is 18.4 Å². The van der Waals surface area contributed by atoms with Crippen LogP contribution in [0.1, 0.15) is 31.8 Å². The molecule has 0 unspecified atom stereocenters. The number of rotatable bonds is 3. The SMILES string of the molecule is COC(=O)c1cc(F)c(C)c(B(O)O)c1.Cc1c(F)cc(C(=O)O)cc1I. The molecule has 0 saturated heterocycles. The molecule has 6 nitrogen and oxygen atoms in total. The van der Waals surface area contributed by atoms with Crippen molar-refractivity contribution in [1.82, 2.24) is 0 Å². The molecule has 0 saturated carbocycles. The molecule has 0 heterocycles. The number of methoxy groups -OCH3 is 1. The predicted octanol–water partition coefficient (Wildman–Crippen LogP) is 2.04. The van der Waals surface area contributed by atoms with Crippen LogP contribution >= 0.6 is 22.6 Å². The van der Waals surface area contributed by atoms with Crippen molar-refractivity contribution in [3.63, 3.8) is 0 Å². The average Bonchev–Trinajstić information content (AvgIpc) is 2.60. The summed E-state index contributed by atoms with van der Waals surface area (Å²) in [6.07, 6.45) is 0. The van der Waals surface area contributed by atoms with Crippen LogP contribution in [0.3, 0.4) is 0 Å². The minimum atomic E-state index is -1.82. The monoisotopic (exact) mass is 492 g/mol. The van der Waals surface area contributed by atoms with Crippen molar-refractivity contribution in [3.05, 3.63) is 61.7 Å². The van der Waals surface area contributed by atoms with Crippen LogP contribution in [0.25, 0.3) is 0 Å². The van der Waals surface area contributed by atoms with Crippen molar-refractivity contribution in [2.75, 3.05) is 7.11 Å². The molecule has 144 valence electrons. The van der Waals surface area contributed by atoms with E-state index in [4.69, 9.17) is 15.2 Å². The van der Waals surface area contributed by atoms with E-state index in [1.165, 1.54) is 19.1 Å². The van der Waals surface area contributed by atoms with Gasteiger partial charge < -0.3 is 19.9 Å². The Hall–Kier alpha value is -2.05. The lowest BCUT2D eigenvalue weighted by molar-refractivity contribution is 0.0599. The van der Waals surface area contributed by atoms with Gasteiger partial charge in [0, 0.05) is 3.57 Å². The summed E-state index contributed by atoms with van der Waals surface area (Å²) in [6, 6.07) is 4.66. The summed E-state index contributed by atoms with van der Waals surface area (Å²) in [5.74, 6) is -2.98. The molecular formula is C17H16BF2IO6. The molecule has 0 atom stereocenters. The fourth-order valence-corrected chi connectivity index (χ4v) is 2.57. The minimum absolute atomic E-state index is 0.0116. The van der Waals surface area contributed by atoms with Gasteiger partial charge in [-0.2, -0.15) is 0 Å². The first-order chi connectivity index (χ1) is 12.5. The molecule has 0 fully saturated rings. The van der Waals surface area contributed by atoms with Crippen LogP contribution in [0.4, 0.5) is 8.78 Å². The first-order valence-corrected chi connectivity index (χ1v) is 8.50. The zero-order valence-corrected chi connectivity index (χ0v) is 16.7. The highest BCUT2D eigenvalue weighted by Crippen LogP contribution is 2.17. The highest BCUT2D eigenvalue weighted by atomic mass is 127. The van der Waals surface area contributed by atoms with Gasteiger partial charge in [-0.3, -0.25) is 0 Å². The van der Waals surface area contributed by atoms with Gasteiger partial charge in [0.25, 0.3) is 0 Å². The summed E-state index contributed by atoms with van der Waals surface area (Å²) in [6.45, 7) is 3.01. The Morgan fingerprint density at radius 1 is 1.00 bits per heavy atom. The van der Waals surface area contributed by atoms with Crippen LogP contribution < -0.4 is 5.46 Å². The van der Waals surface area contributed by atoms with E-state index in [0.29, 0.717) is 9.13 Å². The van der Waals surface area contributed by atoms with Crippen molar-refractivity contribution in [2.24, 2.45) is 0 Å². The second-order valence-electron chi connectivity index (χ2n) is 5.41. The molecule has 0 bridgehead atoms. The van der Waals surface area contributed by atoms with E-state index >= 15 is 0 Å². The Bertz CT molecular complexity index is 850. The van der Waals surface area contributed by atoms with E-state index in [9.17, 15) is 18.4 Å². The number of aromatic carboxylic acids is 1. The smallest absolute Gasteiger partial charge is 0.478 e. The lowest BCUT2D eigenvalue weighted by Gasteiger charge is -2.08. The third-order valence-corrected chi connectivity index (χ3v) is 4.73. The Kier molecular flexibility index (Phi) is 8.32. The number of carbonyl (C=O) groups is 2. The number of carbonyl (C=O) groups excluding carboxylic acids is 1. The third-order valence-electron chi connectivity index (χ3n) is 3.61. The van der Waals surface area contributed by atoms with Crippen LogP contribution in [-0.2, 0) is 4.74 Å². The van der Waals surface area contributed by atoms with E-state index in [-0.39, 0.29) is 22.2 Å². The summed E-state index contributed by atoms with van der Waals surface area (Å²) in [5.41, 5.74) is 0.472. The first kappa shape index (κ1) is 23.0.